The standard InChI is InChI=1S/C24H28N4O4S/c1-16-19-11-10-18(33(3,30)31)15-20(19)27-24(26-16)28-14-6-8-21(28)23(29)25-13-12-17-7-4-5-9-22(17)32-2/h4-5,7,9-11,15,21H,6,8,12-14H2,1-3H3,(H,25,29). The largest absolute Gasteiger partial charge is 0.496 e. The van der Waals surface area contributed by atoms with Crippen LogP contribution < -0.4 is 15.0 Å². The van der Waals surface area contributed by atoms with E-state index in [4.69, 9.17) is 4.74 Å². The van der Waals surface area contributed by atoms with Crippen LogP contribution in [0.25, 0.3) is 10.9 Å². The molecule has 0 radical (unpaired) electrons. The summed E-state index contributed by atoms with van der Waals surface area (Å²) in [7, 11) is -1.71. The first-order chi connectivity index (χ1) is 15.8. The van der Waals surface area contributed by atoms with E-state index in [1.807, 2.05) is 36.1 Å². The molecule has 0 aliphatic carbocycles. The van der Waals surface area contributed by atoms with Gasteiger partial charge < -0.3 is 15.0 Å². The second-order valence-corrected chi connectivity index (χ2v) is 10.3. The summed E-state index contributed by atoms with van der Waals surface area (Å²) in [6.07, 6.45) is 3.41. The number of fused-ring (bicyclic) bond motifs is 1. The Morgan fingerprint density at radius 3 is 2.76 bits per heavy atom. The Kier molecular flexibility index (Phi) is 6.51. The molecule has 0 bridgehead atoms. The minimum Gasteiger partial charge on any atom is -0.496 e. The van der Waals surface area contributed by atoms with Crippen LogP contribution in [0.2, 0.25) is 0 Å². The van der Waals surface area contributed by atoms with E-state index < -0.39 is 9.84 Å². The summed E-state index contributed by atoms with van der Waals surface area (Å²) >= 11 is 0. The molecule has 8 nitrogen and oxygen atoms in total. The summed E-state index contributed by atoms with van der Waals surface area (Å²) in [5.41, 5.74) is 2.35. The number of carbonyl (C=O) groups excluding carboxylic acids is 1. The molecule has 0 spiro atoms. The molecule has 1 unspecified atom stereocenters. The molecular formula is C24H28N4O4S. The Hall–Kier alpha value is -3.20. The third kappa shape index (κ3) is 4.93. The number of hydrogen-bond acceptors (Lipinski definition) is 7. The molecule has 9 heteroatoms. The Balaban J connectivity index is 1.52. The van der Waals surface area contributed by atoms with Gasteiger partial charge in [0.05, 0.1) is 23.2 Å². The van der Waals surface area contributed by atoms with E-state index in [1.165, 1.54) is 6.26 Å². The van der Waals surface area contributed by atoms with Gasteiger partial charge in [-0.25, -0.2) is 18.4 Å². The highest BCUT2D eigenvalue weighted by Gasteiger charge is 2.32. The van der Waals surface area contributed by atoms with Crippen molar-refractivity contribution in [1.29, 1.82) is 0 Å². The molecule has 2 aromatic carbocycles. The lowest BCUT2D eigenvalue weighted by atomic mass is 10.1. The lowest BCUT2D eigenvalue weighted by Crippen LogP contribution is -2.44. The first kappa shape index (κ1) is 23.0. The molecule has 1 amide bonds. The number of para-hydroxylation sites is 1. The van der Waals surface area contributed by atoms with E-state index in [1.54, 1.807) is 25.3 Å². The third-order valence-electron chi connectivity index (χ3n) is 5.97. The number of nitrogens with zero attached hydrogens (tertiary/aromatic N) is 3. The van der Waals surface area contributed by atoms with Crippen molar-refractivity contribution in [2.75, 3.05) is 31.4 Å². The molecule has 0 saturated carbocycles. The van der Waals surface area contributed by atoms with Crippen LogP contribution in [0, 0.1) is 6.92 Å². The fourth-order valence-corrected chi connectivity index (χ4v) is 4.88. The fourth-order valence-electron chi connectivity index (χ4n) is 4.24. The van der Waals surface area contributed by atoms with Gasteiger partial charge in [-0.1, -0.05) is 18.2 Å². The van der Waals surface area contributed by atoms with E-state index in [9.17, 15) is 13.2 Å². The predicted molar refractivity (Wildman–Crippen MR) is 127 cm³/mol. The fraction of sp³-hybridized carbons (Fsp3) is 0.375. The highest BCUT2D eigenvalue weighted by atomic mass is 32.2. The lowest BCUT2D eigenvalue weighted by molar-refractivity contribution is -0.122. The highest BCUT2D eigenvalue weighted by Crippen LogP contribution is 2.27. The average molecular weight is 469 g/mol. The van der Waals surface area contributed by atoms with E-state index in [0.29, 0.717) is 37.4 Å². The van der Waals surface area contributed by atoms with Gasteiger partial charge in [0.15, 0.2) is 9.84 Å². The number of anilines is 1. The lowest BCUT2D eigenvalue weighted by Gasteiger charge is -2.24. The third-order valence-corrected chi connectivity index (χ3v) is 7.08. The van der Waals surface area contributed by atoms with Crippen LogP contribution in [-0.4, -0.2) is 56.8 Å². The molecule has 1 N–H and O–H groups in total. The second kappa shape index (κ2) is 9.35. The number of amides is 1. The number of methoxy groups -OCH3 is 1. The van der Waals surface area contributed by atoms with Gasteiger partial charge in [-0.15, -0.1) is 0 Å². The zero-order valence-electron chi connectivity index (χ0n) is 19.0. The van der Waals surface area contributed by atoms with Gasteiger partial charge in [0.25, 0.3) is 0 Å². The Bertz CT molecular complexity index is 1290. The normalized spacial score (nSPS) is 16.2. The summed E-state index contributed by atoms with van der Waals surface area (Å²) < 4.78 is 29.3. The smallest absolute Gasteiger partial charge is 0.242 e. The van der Waals surface area contributed by atoms with Crippen LogP contribution in [0.3, 0.4) is 0 Å². The van der Waals surface area contributed by atoms with Gasteiger partial charge in [0.1, 0.15) is 11.8 Å². The average Bonchev–Trinajstić information content (AvgIpc) is 3.28. The van der Waals surface area contributed by atoms with Crippen molar-refractivity contribution in [3.8, 4) is 5.75 Å². The molecule has 2 heterocycles. The monoisotopic (exact) mass is 468 g/mol. The van der Waals surface area contributed by atoms with Crippen LogP contribution in [-0.2, 0) is 21.1 Å². The second-order valence-electron chi connectivity index (χ2n) is 8.26. The van der Waals surface area contributed by atoms with Gasteiger partial charge in [-0.3, -0.25) is 4.79 Å². The number of aromatic nitrogens is 2. The van der Waals surface area contributed by atoms with Crippen molar-refractivity contribution in [1.82, 2.24) is 15.3 Å². The zero-order valence-corrected chi connectivity index (χ0v) is 19.9. The minimum absolute atomic E-state index is 0.0614. The summed E-state index contributed by atoms with van der Waals surface area (Å²) in [5.74, 6) is 1.20. The first-order valence-corrected chi connectivity index (χ1v) is 12.8. The number of sulfone groups is 1. The molecule has 1 saturated heterocycles. The van der Waals surface area contributed by atoms with Gasteiger partial charge in [-0.2, -0.15) is 0 Å². The van der Waals surface area contributed by atoms with Crippen molar-refractivity contribution in [2.45, 2.75) is 37.1 Å². The van der Waals surface area contributed by atoms with E-state index in [-0.39, 0.29) is 16.8 Å². The van der Waals surface area contributed by atoms with Gasteiger partial charge in [0.2, 0.25) is 11.9 Å². The number of carbonyl (C=O) groups is 1. The summed E-state index contributed by atoms with van der Waals surface area (Å²) in [4.78, 5) is 24.4. The Morgan fingerprint density at radius 2 is 2.00 bits per heavy atom. The highest BCUT2D eigenvalue weighted by molar-refractivity contribution is 7.90. The maximum atomic E-state index is 13.0. The predicted octanol–water partition coefficient (Wildman–Crippen LogP) is 2.68. The van der Waals surface area contributed by atoms with Gasteiger partial charge in [-0.05, 0) is 56.0 Å². The Labute approximate surface area is 193 Å². The van der Waals surface area contributed by atoms with E-state index in [0.717, 1.165) is 28.8 Å². The molecule has 1 atom stereocenters. The SMILES string of the molecule is COc1ccccc1CCNC(=O)C1CCCN1c1nc(C)c2ccc(S(C)(=O)=O)cc2n1. The van der Waals surface area contributed by atoms with Crippen molar-refractivity contribution in [3.05, 3.63) is 53.7 Å². The van der Waals surface area contributed by atoms with E-state index in [2.05, 4.69) is 15.3 Å². The zero-order chi connectivity index (χ0) is 23.6. The van der Waals surface area contributed by atoms with Crippen LogP contribution in [0.4, 0.5) is 5.95 Å². The molecule has 4 rings (SSSR count). The maximum Gasteiger partial charge on any atom is 0.242 e. The summed E-state index contributed by atoms with van der Waals surface area (Å²) in [6, 6.07) is 12.3. The summed E-state index contributed by atoms with van der Waals surface area (Å²) in [5, 5.41) is 3.83. The van der Waals surface area contributed by atoms with Crippen LogP contribution >= 0.6 is 0 Å². The van der Waals surface area contributed by atoms with Crippen molar-refractivity contribution in [3.63, 3.8) is 0 Å². The van der Waals surface area contributed by atoms with Crippen molar-refractivity contribution >= 4 is 32.6 Å². The Morgan fingerprint density at radius 1 is 1.21 bits per heavy atom. The molecule has 1 fully saturated rings. The number of rotatable bonds is 7. The van der Waals surface area contributed by atoms with Crippen molar-refractivity contribution < 1.29 is 17.9 Å². The van der Waals surface area contributed by atoms with Crippen molar-refractivity contribution in [2.24, 2.45) is 0 Å². The number of ether oxygens (including phenoxy) is 1. The molecule has 1 aliphatic rings. The molecule has 174 valence electrons. The van der Waals surface area contributed by atoms with Crippen LogP contribution in [0.1, 0.15) is 24.1 Å². The number of benzene rings is 2. The number of aryl methyl sites for hydroxylation is 1. The molecule has 3 aromatic rings. The molecular weight excluding hydrogens is 440 g/mol. The maximum absolute atomic E-state index is 13.0. The minimum atomic E-state index is -3.35. The molecule has 1 aromatic heterocycles. The quantitative estimate of drug-likeness (QED) is 0.569. The van der Waals surface area contributed by atoms with E-state index >= 15 is 0 Å². The topological polar surface area (TPSA) is 101 Å². The van der Waals surface area contributed by atoms with Gasteiger partial charge in [0, 0.05) is 24.7 Å². The van der Waals surface area contributed by atoms with Gasteiger partial charge >= 0.3 is 0 Å². The number of hydrogen-bond donors (Lipinski definition) is 1. The van der Waals surface area contributed by atoms with Crippen LogP contribution in [0.5, 0.6) is 5.75 Å². The molecule has 1 aliphatic heterocycles. The van der Waals surface area contributed by atoms with Crippen LogP contribution in [0.15, 0.2) is 47.4 Å². The summed E-state index contributed by atoms with van der Waals surface area (Å²) in [6.45, 7) is 3.03. The number of nitrogens with one attached hydrogen (secondary N) is 1. The first-order valence-electron chi connectivity index (χ1n) is 10.9. The molecule has 33 heavy (non-hydrogen) atoms.